The minimum absolute atomic E-state index is 0. The quantitative estimate of drug-likeness (QED) is 0.879. The summed E-state index contributed by atoms with van der Waals surface area (Å²) >= 11 is 6.02. The molecule has 90 valence electrons. The van der Waals surface area contributed by atoms with E-state index in [9.17, 15) is 5.11 Å². The molecule has 0 saturated heterocycles. The van der Waals surface area contributed by atoms with Gasteiger partial charge in [0.2, 0.25) is 0 Å². The average Bonchev–Trinajstić information content (AvgIpc) is 3.03. The topological polar surface area (TPSA) is 46.2 Å². The van der Waals surface area contributed by atoms with Gasteiger partial charge in [0.05, 0.1) is 12.1 Å². The van der Waals surface area contributed by atoms with Gasteiger partial charge in [-0.25, -0.2) is 0 Å². The zero-order valence-corrected chi connectivity index (χ0v) is 10.8. The van der Waals surface area contributed by atoms with E-state index in [0.29, 0.717) is 10.9 Å². The molecule has 4 heteroatoms. The minimum atomic E-state index is -0.427. The number of nitrogens with two attached hydrogens (primary N) is 1. The second-order valence-corrected chi connectivity index (χ2v) is 4.77. The normalized spacial score (nSPS) is 18.8. The number of benzene rings is 1. The molecule has 2 nitrogen and oxygen atoms in total. The molecule has 1 saturated carbocycles. The Morgan fingerprint density at radius 2 is 2.06 bits per heavy atom. The first-order valence-electron chi connectivity index (χ1n) is 5.29. The SMILES string of the molecule is Cc1ccc([C@@H](N)[C@@H](O)C2CC2)cc1Cl.Cl. The van der Waals surface area contributed by atoms with Crippen LogP contribution in [0.25, 0.3) is 0 Å². The Labute approximate surface area is 107 Å². The largest absolute Gasteiger partial charge is 0.391 e. The Bertz CT molecular complexity index is 366. The Balaban J connectivity index is 0.00000128. The molecule has 0 bridgehead atoms. The van der Waals surface area contributed by atoms with E-state index in [4.69, 9.17) is 17.3 Å². The zero-order chi connectivity index (χ0) is 11.0. The highest BCUT2D eigenvalue weighted by atomic mass is 35.5. The minimum Gasteiger partial charge on any atom is -0.391 e. The standard InChI is InChI=1S/C12H16ClNO.ClH/c1-7-2-3-9(6-10(7)13)11(14)12(15)8-4-5-8;/h2-3,6,8,11-12,15H,4-5,14H2,1H3;1H/t11-,12+;/m1./s1. The van der Waals surface area contributed by atoms with Gasteiger partial charge < -0.3 is 10.8 Å². The van der Waals surface area contributed by atoms with Crippen LogP contribution in [0.4, 0.5) is 0 Å². The molecule has 1 aliphatic carbocycles. The highest BCUT2D eigenvalue weighted by molar-refractivity contribution is 6.31. The van der Waals surface area contributed by atoms with Crippen molar-refractivity contribution in [1.82, 2.24) is 0 Å². The van der Waals surface area contributed by atoms with Crippen molar-refractivity contribution in [1.29, 1.82) is 0 Å². The lowest BCUT2D eigenvalue weighted by atomic mass is 9.98. The molecule has 0 spiro atoms. The molecule has 0 aliphatic heterocycles. The number of halogens is 2. The first-order chi connectivity index (χ1) is 7.09. The molecule has 0 radical (unpaired) electrons. The summed E-state index contributed by atoms with van der Waals surface area (Å²) in [6, 6.07) is 5.43. The lowest BCUT2D eigenvalue weighted by molar-refractivity contribution is 0.122. The van der Waals surface area contributed by atoms with Crippen LogP contribution in [-0.2, 0) is 0 Å². The number of hydrogen-bond acceptors (Lipinski definition) is 2. The fourth-order valence-electron chi connectivity index (χ4n) is 1.74. The molecule has 0 amide bonds. The highest BCUT2D eigenvalue weighted by Crippen LogP contribution is 2.37. The Kier molecular flexibility index (Phi) is 4.62. The summed E-state index contributed by atoms with van der Waals surface area (Å²) in [6.07, 6.45) is 1.76. The van der Waals surface area contributed by atoms with Gasteiger partial charge in [-0.3, -0.25) is 0 Å². The van der Waals surface area contributed by atoms with E-state index < -0.39 is 6.10 Å². The predicted octanol–water partition coefficient (Wildman–Crippen LogP) is 2.84. The number of aliphatic hydroxyl groups is 1. The number of hydrogen-bond donors (Lipinski definition) is 2. The van der Waals surface area contributed by atoms with E-state index in [1.807, 2.05) is 25.1 Å². The summed E-state index contributed by atoms with van der Waals surface area (Å²) in [5, 5.41) is 10.6. The van der Waals surface area contributed by atoms with Gasteiger partial charge >= 0.3 is 0 Å². The number of rotatable bonds is 3. The van der Waals surface area contributed by atoms with Gasteiger partial charge in [-0.1, -0.05) is 23.7 Å². The molecule has 2 rings (SSSR count). The van der Waals surface area contributed by atoms with Crippen molar-refractivity contribution in [2.45, 2.75) is 31.9 Å². The van der Waals surface area contributed by atoms with Gasteiger partial charge in [0.1, 0.15) is 0 Å². The van der Waals surface area contributed by atoms with Gasteiger partial charge in [0.25, 0.3) is 0 Å². The fraction of sp³-hybridized carbons (Fsp3) is 0.500. The van der Waals surface area contributed by atoms with Crippen LogP contribution in [0.3, 0.4) is 0 Å². The van der Waals surface area contributed by atoms with E-state index in [0.717, 1.165) is 24.0 Å². The molecule has 1 aromatic rings. The molecule has 1 fully saturated rings. The van der Waals surface area contributed by atoms with Crippen molar-refractivity contribution in [2.75, 3.05) is 0 Å². The fourth-order valence-corrected chi connectivity index (χ4v) is 1.93. The smallest absolute Gasteiger partial charge is 0.0760 e. The lowest BCUT2D eigenvalue weighted by Gasteiger charge is -2.19. The van der Waals surface area contributed by atoms with E-state index in [2.05, 4.69) is 0 Å². The van der Waals surface area contributed by atoms with Gasteiger partial charge in [-0.05, 0) is 42.9 Å². The highest BCUT2D eigenvalue weighted by Gasteiger charge is 2.34. The molecular formula is C12H17Cl2NO. The van der Waals surface area contributed by atoms with E-state index in [-0.39, 0.29) is 18.4 Å². The van der Waals surface area contributed by atoms with Crippen LogP contribution in [-0.4, -0.2) is 11.2 Å². The Hall–Kier alpha value is -0.280. The number of aryl methyl sites for hydroxylation is 1. The first-order valence-corrected chi connectivity index (χ1v) is 5.67. The van der Waals surface area contributed by atoms with E-state index >= 15 is 0 Å². The van der Waals surface area contributed by atoms with E-state index in [1.165, 1.54) is 0 Å². The summed E-state index contributed by atoms with van der Waals surface area (Å²) in [4.78, 5) is 0. The maximum absolute atomic E-state index is 9.90. The van der Waals surface area contributed by atoms with Crippen molar-refractivity contribution in [2.24, 2.45) is 11.7 Å². The summed E-state index contributed by atoms with van der Waals surface area (Å²) in [7, 11) is 0. The van der Waals surface area contributed by atoms with Crippen LogP contribution in [0, 0.1) is 12.8 Å². The maximum atomic E-state index is 9.90. The third-order valence-electron chi connectivity index (χ3n) is 3.05. The molecule has 1 aromatic carbocycles. The summed E-state index contributed by atoms with van der Waals surface area (Å²) in [5.41, 5.74) is 7.95. The maximum Gasteiger partial charge on any atom is 0.0760 e. The summed E-state index contributed by atoms with van der Waals surface area (Å²) in [6.45, 7) is 1.95. The predicted molar refractivity (Wildman–Crippen MR) is 69.1 cm³/mol. The van der Waals surface area contributed by atoms with Crippen LogP contribution in [0.5, 0.6) is 0 Å². The number of aliphatic hydroxyl groups excluding tert-OH is 1. The van der Waals surface area contributed by atoms with Crippen molar-refractivity contribution >= 4 is 24.0 Å². The average molecular weight is 262 g/mol. The van der Waals surface area contributed by atoms with Crippen molar-refractivity contribution in [3.8, 4) is 0 Å². The van der Waals surface area contributed by atoms with Crippen LogP contribution in [0.2, 0.25) is 5.02 Å². The van der Waals surface area contributed by atoms with Gasteiger partial charge in [-0.2, -0.15) is 0 Å². The van der Waals surface area contributed by atoms with E-state index in [1.54, 1.807) is 0 Å². The molecular weight excluding hydrogens is 245 g/mol. The van der Waals surface area contributed by atoms with Crippen molar-refractivity contribution in [3.05, 3.63) is 34.3 Å². The third kappa shape index (κ3) is 2.89. The molecule has 2 atom stereocenters. The molecule has 1 aliphatic rings. The molecule has 16 heavy (non-hydrogen) atoms. The van der Waals surface area contributed by atoms with Crippen LogP contribution >= 0.6 is 24.0 Å². The molecule has 0 heterocycles. The van der Waals surface area contributed by atoms with Crippen LogP contribution in [0.1, 0.15) is 30.0 Å². The van der Waals surface area contributed by atoms with Gasteiger partial charge in [0, 0.05) is 5.02 Å². The summed E-state index contributed by atoms with van der Waals surface area (Å²) in [5.74, 6) is 0.389. The zero-order valence-electron chi connectivity index (χ0n) is 9.19. The molecule has 0 unspecified atom stereocenters. The van der Waals surface area contributed by atoms with Gasteiger partial charge in [-0.15, -0.1) is 12.4 Å². The third-order valence-corrected chi connectivity index (χ3v) is 3.46. The molecule has 0 aromatic heterocycles. The van der Waals surface area contributed by atoms with Crippen LogP contribution < -0.4 is 5.73 Å². The first kappa shape index (κ1) is 13.8. The Morgan fingerprint density at radius 3 is 2.56 bits per heavy atom. The molecule has 3 N–H and O–H groups in total. The second kappa shape index (κ2) is 5.37. The Morgan fingerprint density at radius 1 is 1.44 bits per heavy atom. The van der Waals surface area contributed by atoms with Crippen molar-refractivity contribution < 1.29 is 5.11 Å². The monoisotopic (exact) mass is 261 g/mol. The van der Waals surface area contributed by atoms with Crippen molar-refractivity contribution in [3.63, 3.8) is 0 Å². The lowest BCUT2D eigenvalue weighted by Crippen LogP contribution is -2.27. The van der Waals surface area contributed by atoms with Gasteiger partial charge in [0.15, 0.2) is 0 Å². The summed E-state index contributed by atoms with van der Waals surface area (Å²) < 4.78 is 0. The second-order valence-electron chi connectivity index (χ2n) is 4.36. The van der Waals surface area contributed by atoms with Crippen LogP contribution in [0.15, 0.2) is 18.2 Å².